The number of alkyl halides is 3. The first-order valence-electron chi connectivity index (χ1n) is 7.72. The molecule has 1 atom stereocenters. The van der Waals surface area contributed by atoms with Gasteiger partial charge >= 0.3 is 6.18 Å². The monoisotopic (exact) mass is 386 g/mol. The van der Waals surface area contributed by atoms with Gasteiger partial charge in [-0.1, -0.05) is 11.6 Å². The summed E-state index contributed by atoms with van der Waals surface area (Å²) in [6, 6.07) is 6.54. The molecule has 0 radical (unpaired) electrons. The van der Waals surface area contributed by atoms with Crippen LogP contribution >= 0.6 is 11.6 Å². The number of anilines is 1. The summed E-state index contributed by atoms with van der Waals surface area (Å²) in [4.78, 5) is 25.8. The van der Waals surface area contributed by atoms with Crippen molar-refractivity contribution < 1.29 is 27.2 Å². The third-order valence-corrected chi connectivity index (χ3v) is 4.38. The van der Waals surface area contributed by atoms with Gasteiger partial charge in [-0.2, -0.15) is 13.2 Å². The van der Waals surface area contributed by atoms with Gasteiger partial charge in [-0.15, -0.1) is 0 Å². The van der Waals surface area contributed by atoms with Gasteiger partial charge in [0.2, 0.25) is 11.8 Å². The van der Waals surface area contributed by atoms with Crippen LogP contribution in [0.15, 0.2) is 41.0 Å². The van der Waals surface area contributed by atoms with Crippen molar-refractivity contribution in [3.8, 4) is 0 Å². The van der Waals surface area contributed by atoms with Crippen molar-refractivity contribution in [2.24, 2.45) is 5.92 Å². The molecular weight excluding hydrogens is 373 g/mol. The van der Waals surface area contributed by atoms with Crippen LogP contribution < -0.4 is 5.32 Å². The Balaban J connectivity index is 1.66. The number of carbonyl (C=O) groups excluding carboxylic acids is 2. The van der Waals surface area contributed by atoms with Gasteiger partial charge in [0.05, 0.1) is 29.3 Å². The second-order valence-corrected chi connectivity index (χ2v) is 6.34. The molecule has 0 unspecified atom stereocenters. The molecule has 0 spiro atoms. The van der Waals surface area contributed by atoms with Crippen molar-refractivity contribution in [1.29, 1.82) is 0 Å². The SMILES string of the molecule is O=C(Nc1ccc(Cl)c(C(F)(F)F)c1)[C@@H]1CC(=O)N(Cc2ccco2)C1. The molecule has 1 fully saturated rings. The minimum absolute atomic E-state index is 0.00768. The zero-order chi connectivity index (χ0) is 18.9. The van der Waals surface area contributed by atoms with Crippen molar-refractivity contribution >= 4 is 29.1 Å². The lowest BCUT2D eigenvalue weighted by molar-refractivity contribution is -0.137. The molecule has 0 aliphatic carbocycles. The number of benzene rings is 1. The molecule has 2 heterocycles. The summed E-state index contributed by atoms with van der Waals surface area (Å²) in [6.07, 6.45) is -3.15. The van der Waals surface area contributed by atoms with Crippen molar-refractivity contribution in [2.75, 3.05) is 11.9 Å². The Morgan fingerprint density at radius 3 is 2.77 bits per heavy atom. The Morgan fingerprint density at radius 1 is 1.35 bits per heavy atom. The molecule has 26 heavy (non-hydrogen) atoms. The topological polar surface area (TPSA) is 62.6 Å². The van der Waals surface area contributed by atoms with Gasteiger partial charge in [0.1, 0.15) is 5.76 Å². The Hall–Kier alpha value is -2.48. The number of nitrogens with one attached hydrogen (secondary N) is 1. The molecule has 1 aromatic carbocycles. The van der Waals surface area contributed by atoms with Crippen molar-refractivity contribution in [2.45, 2.75) is 19.1 Å². The van der Waals surface area contributed by atoms with E-state index in [1.807, 2.05) is 0 Å². The average Bonchev–Trinajstić information content (AvgIpc) is 3.19. The van der Waals surface area contributed by atoms with Crippen LogP contribution in [0.25, 0.3) is 0 Å². The summed E-state index contributed by atoms with van der Waals surface area (Å²) in [6.45, 7) is 0.417. The van der Waals surface area contributed by atoms with E-state index in [1.54, 1.807) is 12.1 Å². The molecule has 5 nitrogen and oxygen atoms in total. The van der Waals surface area contributed by atoms with Crippen LogP contribution in [-0.2, 0) is 22.3 Å². The minimum atomic E-state index is -4.62. The summed E-state index contributed by atoms with van der Waals surface area (Å²) in [7, 11) is 0. The second kappa shape index (κ2) is 7.03. The highest BCUT2D eigenvalue weighted by Gasteiger charge is 2.36. The van der Waals surface area contributed by atoms with Crippen LogP contribution in [0, 0.1) is 5.92 Å². The van der Waals surface area contributed by atoms with E-state index < -0.39 is 28.6 Å². The summed E-state index contributed by atoms with van der Waals surface area (Å²) >= 11 is 5.56. The molecule has 3 rings (SSSR count). The number of nitrogens with zero attached hydrogens (tertiary/aromatic N) is 1. The van der Waals surface area contributed by atoms with E-state index in [9.17, 15) is 22.8 Å². The minimum Gasteiger partial charge on any atom is -0.467 e. The molecule has 2 aromatic rings. The fourth-order valence-corrected chi connectivity index (χ4v) is 2.98. The van der Waals surface area contributed by atoms with Gasteiger partial charge in [-0.25, -0.2) is 0 Å². The van der Waals surface area contributed by atoms with Crippen LogP contribution in [0.1, 0.15) is 17.7 Å². The summed E-state index contributed by atoms with van der Waals surface area (Å²) in [5.74, 6) is -0.793. The van der Waals surface area contributed by atoms with Crippen LogP contribution in [0.2, 0.25) is 5.02 Å². The molecular formula is C17H14ClF3N2O3. The van der Waals surface area contributed by atoms with Crippen LogP contribution in [-0.4, -0.2) is 23.3 Å². The van der Waals surface area contributed by atoms with Gasteiger partial charge in [-0.3, -0.25) is 9.59 Å². The van der Waals surface area contributed by atoms with Gasteiger partial charge in [0.15, 0.2) is 0 Å². The number of hydrogen-bond acceptors (Lipinski definition) is 3. The maximum absolute atomic E-state index is 12.9. The summed E-state index contributed by atoms with van der Waals surface area (Å²) in [5, 5.41) is 1.98. The molecule has 9 heteroatoms. The molecule has 0 saturated carbocycles. The smallest absolute Gasteiger partial charge is 0.417 e. The first-order valence-corrected chi connectivity index (χ1v) is 8.09. The van der Waals surface area contributed by atoms with E-state index >= 15 is 0 Å². The Kier molecular flexibility index (Phi) is 4.95. The largest absolute Gasteiger partial charge is 0.467 e. The van der Waals surface area contributed by atoms with Crippen molar-refractivity contribution in [3.63, 3.8) is 0 Å². The molecule has 0 bridgehead atoms. The van der Waals surface area contributed by atoms with Gasteiger partial charge in [0.25, 0.3) is 0 Å². The standard InChI is InChI=1S/C17H14ClF3N2O3/c18-14-4-3-11(7-13(14)17(19,20)21)22-16(25)10-6-15(24)23(8-10)9-12-2-1-5-26-12/h1-5,7,10H,6,8-9H2,(H,22,25)/t10-/m1/s1. The number of rotatable bonds is 4. The van der Waals surface area contributed by atoms with E-state index in [2.05, 4.69) is 5.32 Å². The van der Waals surface area contributed by atoms with Crippen molar-refractivity contribution in [1.82, 2.24) is 4.90 Å². The lowest BCUT2D eigenvalue weighted by atomic mass is 10.1. The Labute approximate surface area is 151 Å². The number of halogens is 4. The van der Waals surface area contributed by atoms with E-state index in [4.69, 9.17) is 16.0 Å². The highest BCUT2D eigenvalue weighted by molar-refractivity contribution is 6.31. The lowest BCUT2D eigenvalue weighted by Crippen LogP contribution is -2.28. The fraction of sp³-hybridized carbons (Fsp3) is 0.294. The van der Waals surface area contributed by atoms with Gasteiger partial charge in [0, 0.05) is 18.7 Å². The van der Waals surface area contributed by atoms with Crippen LogP contribution in [0.4, 0.5) is 18.9 Å². The quantitative estimate of drug-likeness (QED) is 0.865. The molecule has 138 valence electrons. The number of hydrogen-bond donors (Lipinski definition) is 1. The Morgan fingerprint density at radius 2 is 2.12 bits per heavy atom. The van der Waals surface area contributed by atoms with E-state index in [0.717, 1.165) is 12.1 Å². The van der Waals surface area contributed by atoms with Crippen molar-refractivity contribution in [3.05, 3.63) is 52.9 Å². The first kappa shape index (κ1) is 18.3. The molecule has 2 amide bonds. The predicted molar refractivity (Wildman–Crippen MR) is 87.3 cm³/mol. The van der Waals surface area contributed by atoms with E-state index in [1.165, 1.54) is 17.2 Å². The highest BCUT2D eigenvalue weighted by atomic mass is 35.5. The van der Waals surface area contributed by atoms with Crippen LogP contribution in [0.3, 0.4) is 0 Å². The third kappa shape index (κ3) is 4.01. The second-order valence-electron chi connectivity index (χ2n) is 5.94. The number of furan rings is 1. The molecule has 1 aliphatic heterocycles. The van der Waals surface area contributed by atoms with Crippen LogP contribution in [0.5, 0.6) is 0 Å². The third-order valence-electron chi connectivity index (χ3n) is 4.05. The maximum atomic E-state index is 12.9. The molecule has 1 aromatic heterocycles. The number of likely N-dealkylation sites (tertiary alicyclic amines) is 1. The molecule has 1 aliphatic rings. The highest BCUT2D eigenvalue weighted by Crippen LogP contribution is 2.36. The Bertz CT molecular complexity index is 821. The number of carbonyl (C=O) groups is 2. The average molecular weight is 387 g/mol. The summed E-state index contributed by atoms with van der Waals surface area (Å²) < 4.78 is 43.9. The molecule has 1 saturated heterocycles. The number of amides is 2. The molecule has 1 N–H and O–H groups in total. The van der Waals surface area contributed by atoms with E-state index in [-0.39, 0.29) is 31.1 Å². The fourth-order valence-electron chi connectivity index (χ4n) is 2.76. The first-order chi connectivity index (χ1) is 12.2. The lowest BCUT2D eigenvalue weighted by Gasteiger charge is -2.16. The maximum Gasteiger partial charge on any atom is 0.417 e. The zero-order valence-electron chi connectivity index (χ0n) is 13.3. The normalized spacial score (nSPS) is 17.6. The van der Waals surface area contributed by atoms with Gasteiger partial charge < -0.3 is 14.6 Å². The van der Waals surface area contributed by atoms with E-state index in [0.29, 0.717) is 5.76 Å². The summed E-state index contributed by atoms with van der Waals surface area (Å²) in [5.41, 5.74) is -1.05. The van der Waals surface area contributed by atoms with Gasteiger partial charge in [-0.05, 0) is 30.3 Å². The zero-order valence-corrected chi connectivity index (χ0v) is 14.1. The predicted octanol–water partition coefficient (Wildman–Crippen LogP) is 3.94.